The Morgan fingerprint density at radius 3 is 2.44 bits per heavy atom. The van der Waals surface area contributed by atoms with E-state index in [1.54, 1.807) is 24.3 Å². The third-order valence-corrected chi connectivity index (χ3v) is 3.60. The standard InChI is InChI=1S/C11H9NO2S2/c1-6-9(16-11(15)12-6)7-2-4-8(5-3-7)10(13)14/h2-5H,1H3,(H,12,15)(H,13,14). The largest absolute Gasteiger partial charge is 0.478 e. The molecule has 2 aromatic rings. The molecule has 0 aliphatic carbocycles. The van der Waals surface area contributed by atoms with Crippen LogP contribution < -0.4 is 0 Å². The molecule has 1 heterocycles. The minimum absolute atomic E-state index is 0.292. The van der Waals surface area contributed by atoms with Crippen molar-refractivity contribution in [3.8, 4) is 10.4 Å². The van der Waals surface area contributed by atoms with Gasteiger partial charge in [-0.3, -0.25) is 0 Å². The first kappa shape index (κ1) is 11.0. The summed E-state index contributed by atoms with van der Waals surface area (Å²) >= 11 is 6.55. The summed E-state index contributed by atoms with van der Waals surface area (Å²) < 4.78 is 0.731. The molecule has 3 nitrogen and oxygen atoms in total. The van der Waals surface area contributed by atoms with Crippen LogP contribution in [-0.2, 0) is 0 Å². The number of H-pyrrole nitrogens is 1. The zero-order chi connectivity index (χ0) is 11.7. The van der Waals surface area contributed by atoms with Crippen LogP contribution in [0.25, 0.3) is 10.4 Å². The van der Waals surface area contributed by atoms with Crippen LogP contribution >= 0.6 is 23.6 Å². The summed E-state index contributed by atoms with van der Waals surface area (Å²) in [6.45, 7) is 1.95. The molecular formula is C11H9NO2S2. The Balaban J connectivity index is 2.46. The maximum absolute atomic E-state index is 10.7. The molecule has 0 amide bonds. The summed E-state index contributed by atoms with van der Waals surface area (Å²) in [7, 11) is 0. The highest BCUT2D eigenvalue weighted by molar-refractivity contribution is 7.73. The lowest BCUT2D eigenvalue weighted by atomic mass is 10.1. The van der Waals surface area contributed by atoms with Gasteiger partial charge in [0.25, 0.3) is 0 Å². The number of carboxylic acid groups (broad SMARTS) is 1. The minimum Gasteiger partial charge on any atom is -0.478 e. The van der Waals surface area contributed by atoms with Gasteiger partial charge in [-0.25, -0.2) is 4.79 Å². The molecule has 0 spiro atoms. The van der Waals surface area contributed by atoms with Crippen LogP contribution in [0.2, 0.25) is 0 Å². The van der Waals surface area contributed by atoms with Crippen molar-refractivity contribution in [3.63, 3.8) is 0 Å². The average Bonchev–Trinajstić information content (AvgIpc) is 2.58. The molecule has 0 radical (unpaired) electrons. The average molecular weight is 251 g/mol. The molecule has 16 heavy (non-hydrogen) atoms. The van der Waals surface area contributed by atoms with Crippen molar-refractivity contribution in [1.82, 2.24) is 4.98 Å². The number of benzene rings is 1. The Hall–Kier alpha value is -1.46. The first-order valence-electron chi connectivity index (χ1n) is 4.61. The molecule has 1 aromatic heterocycles. The predicted octanol–water partition coefficient (Wildman–Crippen LogP) is 3.48. The number of thiazole rings is 1. The van der Waals surface area contributed by atoms with Crippen molar-refractivity contribution in [3.05, 3.63) is 39.5 Å². The van der Waals surface area contributed by atoms with Crippen LogP contribution in [0, 0.1) is 10.9 Å². The topological polar surface area (TPSA) is 53.1 Å². The second kappa shape index (κ2) is 4.19. The Morgan fingerprint density at radius 2 is 2.00 bits per heavy atom. The fourth-order valence-electron chi connectivity index (χ4n) is 1.44. The van der Waals surface area contributed by atoms with Gasteiger partial charge in [0.15, 0.2) is 3.95 Å². The molecule has 2 rings (SSSR count). The zero-order valence-electron chi connectivity index (χ0n) is 8.48. The van der Waals surface area contributed by atoms with Crippen LogP contribution in [0.1, 0.15) is 16.1 Å². The Kier molecular flexibility index (Phi) is 2.89. The van der Waals surface area contributed by atoms with Gasteiger partial charge in [0, 0.05) is 5.69 Å². The summed E-state index contributed by atoms with van der Waals surface area (Å²) in [6.07, 6.45) is 0. The number of nitrogens with one attached hydrogen (secondary N) is 1. The normalized spacial score (nSPS) is 10.3. The van der Waals surface area contributed by atoms with Crippen LogP contribution in [0.3, 0.4) is 0 Å². The third-order valence-electron chi connectivity index (χ3n) is 2.22. The minimum atomic E-state index is -0.912. The van der Waals surface area contributed by atoms with E-state index in [2.05, 4.69) is 4.98 Å². The van der Waals surface area contributed by atoms with Crippen molar-refractivity contribution in [2.45, 2.75) is 6.92 Å². The van der Waals surface area contributed by atoms with E-state index in [0.717, 1.165) is 20.1 Å². The SMILES string of the molecule is Cc1[nH]c(=S)sc1-c1ccc(C(=O)O)cc1. The summed E-state index contributed by atoms with van der Waals surface area (Å²) in [4.78, 5) is 14.8. The molecule has 5 heteroatoms. The first-order valence-corrected chi connectivity index (χ1v) is 5.84. The fraction of sp³-hybridized carbons (Fsp3) is 0.0909. The highest BCUT2D eigenvalue weighted by atomic mass is 32.1. The Bertz CT molecular complexity index is 581. The van der Waals surface area contributed by atoms with Crippen molar-refractivity contribution >= 4 is 29.5 Å². The van der Waals surface area contributed by atoms with E-state index in [1.807, 2.05) is 6.92 Å². The monoisotopic (exact) mass is 251 g/mol. The van der Waals surface area contributed by atoms with E-state index in [1.165, 1.54) is 11.3 Å². The maximum Gasteiger partial charge on any atom is 0.335 e. The number of aromatic amines is 1. The van der Waals surface area contributed by atoms with Gasteiger partial charge in [0.05, 0.1) is 10.4 Å². The quantitative estimate of drug-likeness (QED) is 0.803. The number of aryl methyl sites for hydroxylation is 1. The van der Waals surface area contributed by atoms with E-state index in [-0.39, 0.29) is 0 Å². The second-order valence-corrected chi connectivity index (χ2v) is 5.04. The van der Waals surface area contributed by atoms with E-state index >= 15 is 0 Å². The smallest absolute Gasteiger partial charge is 0.335 e. The first-order chi connectivity index (χ1) is 7.58. The van der Waals surface area contributed by atoms with Crippen LogP contribution in [0.5, 0.6) is 0 Å². The van der Waals surface area contributed by atoms with Gasteiger partial charge < -0.3 is 10.1 Å². The van der Waals surface area contributed by atoms with Gasteiger partial charge in [-0.1, -0.05) is 12.1 Å². The molecule has 0 aliphatic heterocycles. The molecule has 2 N–H and O–H groups in total. The Morgan fingerprint density at radius 1 is 1.38 bits per heavy atom. The van der Waals surface area contributed by atoms with Gasteiger partial charge >= 0.3 is 5.97 Å². The molecule has 0 saturated heterocycles. The van der Waals surface area contributed by atoms with Gasteiger partial charge in [0.1, 0.15) is 0 Å². The van der Waals surface area contributed by atoms with Gasteiger partial charge in [-0.15, -0.1) is 11.3 Å². The summed E-state index contributed by atoms with van der Waals surface area (Å²) in [5.41, 5.74) is 2.29. The van der Waals surface area contributed by atoms with Crippen LogP contribution in [-0.4, -0.2) is 16.1 Å². The lowest BCUT2D eigenvalue weighted by Gasteiger charge is -1.99. The molecule has 82 valence electrons. The summed E-state index contributed by atoms with van der Waals surface area (Å²) in [6, 6.07) is 6.79. The van der Waals surface area contributed by atoms with Crippen LogP contribution in [0.15, 0.2) is 24.3 Å². The lowest BCUT2D eigenvalue weighted by molar-refractivity contribution is 0.0697. The molecule has 0 bridgehead atoms. The van der Waals surface area contributed by atoms with E-state index in [9.17, 15) is 4.79 Å². The molecule has 0 aliphatic rings. The number of aromatic nitrogens is 1. The summed E-state index contributed by atoms with van der Waals surface area (Å²) in [5, 5.41) is 8.78. The number of aromatic carboxylic acids is 1. The van der Waals surface area contributed by atoms with Crippen molar-refractivity contribution in [1.29, 1.82) is 0 Å². The maximum atomic E-state index is 10.7. The van der Waals surface area contributed by atoms with Crippen molar-refractivity contribution in [2.75, 3.05) is 0 Å². The third kappa shape index (κ3) is 2.05. The van der Waals surface area contributed by atoms with E-state index in [4.69, 9.17) is 17.3 Å². The number of hydrogen-bond acceptors (Lipinski definition) is 3. The highest BCUT2D eigenvalue weighted by Crippen LogP contribution is 2.28. The molecule has 0 fully saturated rings. The molecule has 0 unspecified atom stereocenters. The number of carboxylic acids is 1. The van der Waals surface area contributed by atoms with Gasteiger partial charge in [-0.05, 0) is 36.8 Å². The second-order valence-electron chi connectivity index (χ2n) is 3.35. The van der Waals surface area contributed by atoms with Crippen LogP contribution in [0.4, 0.5) is 0 Å². The number of rotatable bonds is 2. The Labute approximate surface area is 101 Å². The summed E-state index contributed by atoms with van der Waals surface area (Å²) in [5.74, 6) is -0.912. The molecule has 0 saturated carbocycles. The fourth-order valence-corrected chi connectivity index (χ4v) is 2.69. The lowest BCUT2D eigenvalue weighted by Crippen LogP contribution is -1.94. The molecule has 1 aromatic carbocycles. The molecule has 0 atom stereocenters. The van der Waals surface area contributed by atoms with Crippen molar-refractivity contribution in [2.24, 2.45) is 0 Å². The van der Waals surface area contributed by atoms with Gasteiger partial charge in [-0.2, -0.15) is 0 Å². The van der Waals surface area contributed by atoms with Gasteiger partial charge in [0.2, 0.25) is 0 Å². The number of carbonyl (C=O) groups is 1. The highest BCUT2D eigenvalue weighted by Gasteiger charge is 2.07. The number of hydrogen-bond donors (Lipinski definition) is 2. The predicted molar refractivity (Wildman–Crippen MR) is 66.6 cm³/mol. The zero-order valence-corrected chi connectivity index (χ0v) is 10.1. The van der Waals surface area contributed by atoms with E-state index < -0.39 is 5.97 Å². The van der Waals surface area contributed by atoms with E-state index in [0.29, 0.717) is 5.56 Å². The van der Waals surface area contributed by atoms with Crippen molar-refractivity contribution < 1.29 is 9.90 Å². The molecular weight excluding hydrogens is 242 g/mol.